The molecule has 0 radical (unpaired) electrons. The van der Waals surface area contributed by atoms with Gasteiger partial charge in [-0.15, -0.1) is 0 Å². The molecule has 0 fully saturated rings. The molecule has 0 aliphatic carbocycles. The molecule has 0 bridgehead atoms. The van der Waals surface area contributed by atoms with Gasteiger partial charge < -0.3 is 14.8 Å². The fourth-order valence-electron chi connectivity index (χ4n) is 1.65. The van der Waals surface area contributed by atoms with Crippen LogP contribution in [0.4, 0.5) is 14.5 Å². The van der Waals surface area contributed by atoms with Crippen LogP contribution in [0.3, 0.4) is 0 Å². The van der Waals surface area contributed by atoms with Crippen molar-refractivity contribution in [1.82, 2.24) is 4.98 Å². The first-order valence-corrected chi connectivity index (χ1v) is 7.36. The number of hydrogen-bond acceptors (Lipinski definition) is 5. The topological polar surface area (TPSA) is 77.5 Å². The maximum atomic E-state index is 12.0. The van der Waals surface area contributed by atoms with Gasteiger partial charge in [-0.3, -0.25) is 9.78 Å². The Morgan fingerprint density at radius 3 is 2.54 bits per heavy atom. The zero-order valence-electron chi connectivity index (χ0n) is 12.0. The van der Waals surface area contributed by atoms with Crippen LogP contribution in [0.5, 0.6) is 5.75 Å². The number of anilines is 1. The second kappa shape index (κ2) is 8.34. The van der Waals surface area contributed by atoms with Crippen molar-refractivity contribution in [2.24, 2.45) is 0 Å². The number of carbonyl (C=O) groups excluding carboxylic acids is 2. The maximum Gasteiger partial charge on any atom is 0.387 e. The molecule has 24 heavy (non-hydrogen) atoms. The average Bonchev–Trinajstić information content (AvgIpc) is 2.54. The maximum absolute atomic E-state index is 12.0. The van der Waals surface area contributed by atoms with Crippen LogP contribution in [0.15, 0.2) is 47.2 Å². The number of amides is 1. The predicted octanol–water partition coefficient (Wildman–Crippen LogP) is 3.24. The van der Waals surface area contributed by atoms with Gasteiger partial charge in [0.1, 0.15) is 5.75 Å². The van der Waals surface area contributed by atoms with Crippen molar-refractivity contribution in [2.45, 2.75) is 6.61 Å². The summed E-state index contributed by atoms with van der Waals surface area (Å²) in [7, 11) is 0. The molecule has 0 aliphatic heterocycles. The van der Waals surface area contributed by atoms with Crippen molar-refractivity contribution in [3.8, 4) is 5.75 Å². The van der Waals surface area contributed by atoms with Gasteiger partial charge in [0.25, 0.3) is 5.91 Å². The van der Waals surface area contributed by atoms with Crippen LogP contribution in [0.1, 0.15) is 10.4 Å². The Hall–Kier alpha value is -2.55. The molecule has 126 valence electrons. The molecule has 0 aliphatic rings. The quantitative estimate of drug-likeness (QED) is 0.753. The van der Waals surface area contributed by atoms with E-state index in [0.29, 0.717) is 10.2 Å². The second-order valence-corrected chi connectivity index (χ2v) is 5.33. The molecule has 1 heterocycles. The Labute approximate surface area is 143 Å². The first kappa shape index (κ1) is 17.8. The fraction of sp³-hybridized carbons (Fsp3) is 0.133. The van der Waals surface area contributed by atoms with Crippen molar-refractivity contribution >= 4 is 33.5 Å². The molecule has 1 aromatic heterocycles. The van der Waals surface area contributed by atoms with Crippen molar-refractivity contribution in [2.75, 3.05) is 11.9 Å². The smallest absolute Gasteiger partial charge is 0.387 e. The van der Waals surface area contributed by atoms with E-state index in [1.165, 1.54) is 42.7 Å². The highest BCUT2D eigenvalue weighted by Gasteiger charge is 2.11. The van der Waals surface area contributed by atoms with E-state index in [2.05, 4.69) is 31.0 Å². The number of carbonyl (C=O) groups is 2. The monoisotopic (exact) mass is 400 g/mol. The highest BCUT2D eigenvalue weighted by molar-refractivity contribution is 9.10. The standard InChI is InChI=1S/C15H11BrF2N2O4/c16-10-5-9(6-19-7-10)14(22)23-8-13(21)20-11-1-3-12(4-2-11)24-15(17)18/h1-7,15H,8H2,(H,20,21). The normalized spacial score (nSPS) is 10.3. The van der Waals surface area contributed by atoms with Gasteiger partial charge in [-0.2, -0.15) is 8.78 Å². The Kier molecular flexibility index (Phi) is 6.19. The van der Waals surface area contributed by atoms with Gasteiger partial charge in [0, 0.05) is 22.6 Å². The summed E-state index contributed by atoms with van der Waals surface area (Å²) in [4.78, 5) is 27.3. The lowest BCUT2D eigenvalue weighted by molar-refractivity contribution is -0.119. The number of alkyl halides is 2. The minimum atomic E-state index is -2.92. The number of nitrogens with one attached hydrogen (secondary N) is 1. The summed E-state index contributed by atoms with van der Waals surface area (Å²) in [5.41, 5.74) is 0.549. The number of ether oxygens (including phenoxy) is 2. The molecule has 2 rings (SSSR count). The molecule has 0 unspecified atom stereocenters. The molecule has 0 saturated heterocycles. The molecular weight excluding hydrogens is 390 g/mol. The molecule has 0 saturated carbocycles. The molecular formula is C15H11BrF2N2O4. The molecule has 1 amide bonds. The number of benzene rings is 1. The Morgan fingerprint density at radius 2 is 1.92 bits per heavy atom. The van der Waals surface area contributed by atoms with E-state index in [0.717, 1.165) is 0 Å². The largest absolute Gasteiger partial charge is 0.452 e. The summed E-state index contributed by atoms with van der Waals surface area (Å²) in [6.45, 7) is -3.42. The van der Waals surface area contributed by atoms with Crippen LogP contribution in [0, 0.1) is 0 Å². The van der Waals surface area contributed by atoms with Crippen molar-refractivity contribution in [3.05, 3.63) is 52.8 Å². The minimum absolute atomic E-state index is 0.0309. The summed E-state index contributed by atoms with van der Waals surface area (Å²) in [6.07, 6.45) is 2.82. The second-order valence-electron chi connectivity index (χ2n) is 4.42. The minimum Gasteiger partial charge on any atom is -0.452 e. The summed E-state index contributed by atoms with van der Waals surface area (Å²) < 4.78 is 33.7. The molecule has 6 nitrogen and oxygen atoms in total. The number of hydrogen-bond donors (Lipinski definition) is 1. The van der Waals surface area contributed by atoms with Crippen LogP contribution in [-0.2, 0) is 9.53 Å². The van der Waals surface area contributed by atoms with Crippen LogP contribution >= 0.6 is 15.9 Å². The van der Waals surface area contributed by atoms with Gasteiger partial charge in [0.05, 0.1) is 5.56 Å². The van der Waals surface area contributed by atoms with Gasteiger partial charge >= 0.3 is 12.6 Å². The van der Waals surface area contributed by atoms with Gasteiger partial charge in [-0.25, -0.2) is 4.79 Å². The van der Waals surface area contributed by atoms with Gasteiger partial charge in [0.2, 0.25) is 0 Å². The lowest BCUT2D eigenvalue weighted by Crippen LogP contribution is -2.21. The zero-order valence-corrected chi connectivity index (χ0v) is 13.6. The Morgan fingerprint density at radius 1 is 1.21 bits per heavy atom. The van der Waals surface area contributed by atoms with E-state index in [9.17, 15) is 18.4 Å². The lowest BCUT2D eigenvalue weighted by atomic mass is 10.3. The van der Waals surface area contributed by atoms with Crippen LogP contribution in [0.2, 0.25) is 0 Å². The van der Waals surface area contributed by atoms with Gasteiger partial charge in [0.15, 0.2) is 6.61 Å². The van der Waals surface area contributed by atoms with Crippen molar-refractivity contribution in [1.29, 1.82) is 0 Å². The Balaban J connectivity index is 1.83. The van der Waals surface area contributed by atoms with Crippen molar-refractivity contribution in [3.63, 3.8) is 0 Å². The lowest BCUT2D eigenvalue weighted by Gasteiger charge is -2.08. The van der Waals surface area contributed by atoms with Crippen molar-refractivity contribution < 1.29 is 27.8 Å². The van der Waals surface area contributed by atoms with E-state index >= 15 is 0 Å². The van der Waals surface area contributed by atoms with E-state index < -0.39 is 25.1 Å². The van der Waals surface area contributed by atoms with Crippen LogP contribution < -0.4 is 10.1 Å². The molecule has 1 aromatic carbocycles. The number of rotatable bonds is 6. The highest BCUT2D eigenvalue weighted by atomic mass is 79.9. The summed E-state index contributed by atoms with van der Waals surface area (Å²) in [6, 6.07) is 6.84. The van der Waals surface area contributed by atoms with Gasteiger partial charge in [-0.05, 0) is 46.3 Å². The summed E-state index contributed by atoms with van der Waals surface area (Å²) in [5.74, 6) is -1.30. The van der Waals surface area contributed by atoms with Crippen LogP contribution in [-0.4, -0.2) is 30.1 Å². The third-order valence-electron chi connectivity index (χ3n) is 2.64. The van der Waals surface area contributed by atoms with E-state index in [4.69, 9.17) is 4.74 Å². The molecule has 0 spiro atoms. The van der Waals surface area contributed by atoms with E-state index in [1.54, 1.807) is 0 Å². The summed E-state index contributed by atoms with van der Waals surface area (Å²) in [5, 5.41) is 2.46. The predicted molar refractivity (Wildman–Crippen MR) is 83.9 cm³/mol. The Bertz CT molecular complexity index is 726. The zero-order chi connectivity index (χ0) is 17.5. The highest BCUT2D eigenvalue weighted by Crippen LogP contribution is 2.17. The number of esters is 1. The first-order valence-electron chi connectivity index (χ1n) is 6.56. The van der Waals surface area contributed by atoms with E-state index in [1.807, 2.05) is 0 Å². The third-order valence-corrected chi connectivity index (χ3v) is 3.07. The first-order chi connectivity index (χ1) is 11.4. The number of pyridine rings is 1. The summed E-state index contributed by atoms with van der Waals surface area (Å²) >= 11 is 3.17. The number of aromatic nitrogens is 1. The molecule has 2 aromatic rings. The van der Waals surface area contributed by atoms with E-state index in [-0.39, 0.29) is 11.3 Å². The van der Waals surface area contributed by atoms with Crippen LogP contribution in [0.25, 0.3) is 0 Å². The molecule has 1 N–H and O–H groups in total. The number of nitrogens with zero attached hydrogens (tertiary/aromatic N) is 1. The van der Waals surface area contributed by atoms with Gasteiger partial charge in [-0.1, -0.05) is 0 Å². The molecule has 9 heteroatoms. The SMILES string of the molecule is O=C(COC(=O)c1cncc(Br)c1)Nc1ccc(OC(F)F)cc1. The average molecular weight is 401 g/mol. The third kappa shape index (κ3) is 5.58. The molecule has 0 atom stereocenters. The fourth-order valence-corrected chi connectivity index (χ4v) is 2.02. The number of halogens is 3.